The van der Waals surface area contributed by atoms with Gasteiger partial charge in [0.15, 0.2) is 0 Å². The van der Waals surface area contributed by atoms with E-state index in [0.29, 0.717) is 11.7 Å². The third kappa shape index (κ3) is 2.76. The Kier molecular flexibility index (Phi) is 4.43. The number of carbonyl (C=O) groups is 1. The molecule has 2 rings (SSSR count). The molecule has 1 aromatic heterocycles. The highest BCUT2D eigenvalue weighted by Gasteiger charge is 2.28. The molecule has 1 aliphatic carbocycles. The molecule has 1 fully saturated rings. The van der Waals surface area contributed by atoms with Gasteiger partial charge in [0.2, 0.25) is 0 Å². The van der Waals surface area contributed by atoms with Crippen LogP contribution in [0.3, 0.4) is 0 Å². The first kappa shape index (κ1) is 13.6. The van der Waals surface area contributed by atoms with Crippen LogP contribution >= 0.6 is 15.9 Å². The first-order chi connectivity index (χ1) is 8.63. The molecule has 1 amide bonds. The first-order valence-corrected chi connectivity index (χ1v) is 7.63. The summed E-state index contributed by atoms with van der Waals surface area (Å²) < 4.78 is 1.69. The monoisotopic (exact) mass is 313 g/mol. The van der Waals surface area contributed by atoms with Gasteiger partial charge in [-0.05, 0) is 25.8 Å². The van der Waals surface area contributed by atoms with Gasteiger partial charge in [0.05, 0.1) is 5.69 Å². The van der Waals surface area contributed by atoms with Crippen molar-refractivity contribution in [1.29, 1.82) is 0 Å². The van der Waals surface area contributed by atoms with Gasteiger partial charge in [0, 0.05) is 25.0 Å². The quantitative estimate of drug-likeness (QED) is 0.801. The van der Waals surface area contributed by atoms with Gasteiger partial charge in [-0.15, -0.1) is 0 Å². The second kappa shape index (κ2) is 5.87. The van der Waals surface area contributed by atoms with E-state index < -0.39 is 0 Å². The van der Waals surface area contributed by atoms with Crippen molar-refractivity contribution in [3.05, 3.63) is 17.5 Å². The van der Waals surface area contributed by atoms with Crippen LogP contribution in [-0.2, 0) is 7.05 Å². The Morgan fingerprint density at radius 3 is 2.72 bits per heavy atom. The Hall–Kier alpha value is -0.840. The van der Waals surface area contributed by atoms with Crippen LogP contribution in [0.4, 0.5) is 0 Å². The van der Waals surface area contributed by atoms with Gasteiger partial charge in [-0.2, -0.15) is 5.10 Å². The number of hydrogen-bond donors (Lipinski definition) is 0. The Morgan fingerprint density at radius 1 is 1.56 bits per heavy atom. The predicted molar refractivity (Wildman–Crippen MR) is 75.0 cm³/mol. The summed E-state index contributed by atoms with van der Waals surface area (Å²) in [6.07, 6.45) is 4.74. The Labute approximate surface area is 116 Å². The minimum Gasteiger partial charge on any atom is -0.334 e. The van der Waals surface area contributed by atoms with E-state index in [1.54, 1.807) is 4.68 Å². The summed E-state index contributed by atoms with van der Waals surface area (Å²) >= 11 is 3.45. The molecule has 1 saturated carbocycles. The number of halogens is 1. The van der Waals surface area contributed by atoms with Crippen molar-refractivity contribution in [2.75, 3.05) is 11.9 Å². The molecule has 0 aliphatic heterocycles. The van der Waals surface area contributed by atoms with Gasteiger partial charge in [-0.3, -0.25) is 9.48 Å². The topological polar surface area (TPSA) is 38.1 Å². The fourth-order valence-corrected chi connectivity index (χ4v) is 3.10. The van der Waals surface area contributed by atoms with Crippen molar-refractivity contribution < 1.29 is 4.79 Å². The van der Waals surface area contributed by atoms with Crippen molar-refractivity contribution in [1.82, 2.24) is 14.7 Å². The Bertz CT molecular complexity index is 424. The van der Waals surface area contributed by atoms with E-state index in [4.69, 9.17) is 0 Å². The summed E-state index contributed by atoms with van der Waals surface area (Å²) in [5.41, 5.74) is 1.59. The van der Waals surface area contributed by atoms with Crippen LogP contribution in [-0.4, -0.2) is 38.5 Å². The number of carbonyl (C=O) groups excluding carboxylic acids is 1. The van der Waals surface area contributed by atoms with Crippen LogP contribution in [0.25, 0.3) is 0 Å². The molecule has 0 atom stereocenters. The molecule has 1 aromatic rings. The fraction of sp³-hybridized carbons (Fsp3) is 0.692. The highest BCUT2D eigenvalue weighted by Crippen LogP contribution is 2.25. The van der Waals surface area contributed by atoms with Crippen LogP contribution in [0, 0.1) is 6.92 Å². The number of aryl methyl sites for hydroxylation is 2. The number of hydrogen-bond acceptors (Lipinski definition) is 2. The van der Waals surface area contributed by atoms with Crippen molar-refractivity contribution in [2.45, 2.75) is 38.6 Å². The lowest BCUT2D eigenvalue weighted by atomic mass is 10.2. The van der Waals surface area contributed by atoms with Crippen LogP contribution in [0.2, 0.25) is 0 Å². The third-order valence-corrected chi connectivity index (χ3v) is 3.93. The number of nitrogens with zero attached hydrogens (tertiary/aromatic N) is 3. The molecule has 0 radical (unpaired) electrons. The van der Waals surface area contributed by atoms with Gasteiger partial charge in [-0.1, -0.05) is 28.8 Å². The van der Waals surface area contributed by atoms with E-state index in [1.807, 2.05) is 24.9 Å². The van der Waals surface area contributed by atoms with Crippen LogP contribution < -0.4 is 0 Å². The molecule has 4 nitrogen and oxygen atoms in total. The second-order valence-electron chi connectivity index (χ2n) is 4.92. The molecule has 5 heteroatoms. The summed E-state index contributed by atoms with van der Waals surface area (Å²) in [6.45, 7) is 2.69. The molecule has 0 saturated heterocycles. The van der Waals surface area contributed by atoms with Gasteiger partial charge in [0.25, 0.3) is 5.91 Å². The zero-order chi connectivity index (χ0) is 13.1. The molecule has 1 heterocycles. The lowest BCUT2D eigenvalue weighted by molar-refractivity contribution is 0.0685. The highest BCUT2D eigenvalue weighted by molar-refractivity contribution is 9.09. The molecule has 0 N–H and O–H groups in total. The van der Waals surface area contributed by atoms with E-state index >= 15 is 0 Å². The molecule has 0 spiro atoms. The highest BCUT2D eigenvalue weighted by atomic mass is 79.9. The average Bonchev–Trinajstić information content (AvgIpc) is 2.95. The maximum atomic E-state index is 12.6. The normalized spacial score (nSPS) is 16.2. The molecule has 18 heavy (non-hydrogen) atoms. The molecular formula is C13H20BrN3O. The van der Waals surface area contributed by atoms with Crippen molar-refractivity contribution >= 4 is 21.8 Å². The van der Waals surface area contributed by atoms with Crippen molar-refractivity contribution in [3.8, 4) is 0 Å². The molecule has 0 unspecified atom stereocenters. The number of aromatic nitrogens is 2. The number of alkyl halides is 1. The van der Waals surface area contributed by atoms with E-state index in [0.717, 1.165) is 30.4 Å². The smallest absolute Gasteiger partial charge is 0.272 e. The molecule has 100 valence electrons. The molecule has 0 aromatic carbocycles. The zero-order valence-electron chi connectivity index (χ0n) is 11.0. The largest absolute Gasteiger partial charge is 0.334 e. The lowest BCUT2D eigenvalue weighted by Gasteiger charge is -2.28. The minimum atomic E-state index is 0.115. The van der Waals surface area contributed by atoms with Gasteiger partial charge in [0.1, 0.15) is 5.69 Å². The third-order valence-electron chi connectivity index (χ3n) is 3.57. The number of amides is 1. The van der Waals surface area contributed by atoms with E-state index in [9.17, 15) is 4.79 Å². The van der Waals surface area contributed by atoms with Crippen molar-refractivity contribution in [3.63, 3.8) is 0 Å². The average molecular weight is 314 g/mol. The summed E-state index contributed by atoms with van der Waals surface area (Å²) in [7, 11) is 1.83. The van der Waals surface area contributed by atoms with E-state index in [1.165, 1.54) is 12.8 Å². The fourth-order valence-electron chi connectivity index (χ4n) is 2.71. The first-order valence-electron chi connectivity index (χ1n) is 6.51. The molecule has 0 bridgehead atoms. The predicted octanol–water partition coefficient (Wildman–Crippen LogP) is 2.51. The number of rotatable bonds is 4. The zero-order valence-corrected chi connectivity index (χ0v) is 12.6. The Balaban J connectivity index is 2.19. The van der Waals surface area contributed by atoms with Crippen LogP contribution in [0.15, 0.2) is 6.07 Å². The Morgan fingerprint density at radius 2 is 2.22 bits per heavy atom. The lowest BCUT2D eigenvalue weighted by Crippen LogP contribution is -2.40. The maximum absolute atomic E-state index is 12.6. The van der Waals surface area contributed by atoms with E-state index in [-0.39, 0.29) is 5.91 Å². The van der Waals surface area contributed by atoms with Crippen molar-refractivity contribution in [2.24, 2.45) is 7.05 Å². The van der Waals surface area contributed by atoms with E-state index in [2.05, 4.69) is 21.0 Å². The van der Waals surface area contributed by atoms with Gasteiger partial charge >= 0.3 is 0 Å². The second-order valence-corrected chi connectivity index (χ2v) is 5.71. The molecular weight excluding hydrogens is 294 g/mol. The summed E-state index contributed by atoms with van der Waals surface area (Å²) in [4.78, 5) is 14.6. The summed E-state index contributed by atoms with van der Waals surface area (Å²) in [6, 6.07) is 2.28. The summed E-state index contributed by atoms with van der Waals surface area (Å²) in [5.74, 6) is 0.115. The van der Waals surface area contributed by atoms with Crippen LogP contribution in [0.5, 0.6) is 0 Å². The van der Waals surface area contributed by atoms with Gasteiger partial charge in [-0.25, -0.2) is 0 Å². The minimum absolute atomic E-state index is 0.115. The standard InChI is InChI=1S/C13H20BrN3O/c1-10-9-12(16(2)15-10)13(18)17(8-7-14)11-5-3-4-6-11/h9,11H,3-8H2,1-2H3. The molecule has 1 aliphatic rings. The van der Waals surface area contributed by atoms with Crippen LogP contribution in [0.1, 0.15) is 41.9 Å². The SMILES string of the molecule is Cc1cc(C(=O)N(CCBr)C2CCCC2)n(C)n1. The summed E-state index contributed by atoms with van der Waals surface area (Å²) in [5, 5.41) is 5.08. The maximum Gasteiger partial charge on any atom is 0.272 e. The van der Waals surface area contributed by atoms with Gasteiger partial charge < -0.3 is 4.90 Å².